The Bertz CT molecular complexity index is 2330. The van der Waals surface area contributed by atoms with Gasteiger partial charge in [0.15, 0.2) is 0 Å². The zero-order valence-corrected chi connectivity index (χ0v) is 35.6. The highest BCUT2D eigenvalue weighted by atomic mass is 16.2. The molecule has 2 aromatic carbocycles. The van der Waals surface area contributed by atoms with E-state index in [1.165, 1.54) is 50.2 Å². The summed E-state index contributed by atoms with van der Waals surface area (Å²) >= 11 is 0. The lowest BCUT2D eigenvalue weighted by atomic mass is 9.94. The maximum Gasteiger partial charge on any atom is 0.323 e. The van der Waals surface area contributed by atoms with E-state index in [9.17, 15) is 9.59 Å². The molecule has 2 aliphatic heterocycles. The molecule has 2 unspecified atom stereocenters. The minimum atomic E-state index is -0.0891. The van der Waals surface area contributed by atoms with Gasteiger partial charge in [-0.2, -0.15) is 0 Å². The van der Waals surface area contributed by atoms with Gasteiger partial charge in [-0.15, -0.1) is 0 Å². The van der Waals surface area contributed by atoms with Crippen molar-refractivity contribution < 1.29 is 9.59 Å². The predicted octanol–water partition coefficient (Wildman–Crippen LogP) is 7.65. The first kappa shape index (κ1) is 40.9. The number of piperazine rings is 2. The Kier molecular flexibility index (Phi) is 12.3. The summed E-state index contributed by atoms with van der Waals surface area (Å²) in [4.78, 5) is 52.0. The molecule has 316 valence electrons. The van der Waals surface area contributed by atoms with E-state index >= 15 is 0 Å². The lowest BCUT2D eigenvalue weighted by Gasteiger charge is -2.39. The summed E-state index contributed by atoms with van der Waals surface area (Å²) in [7, 11) is 0. The van der Waals surface area contributed by atoms with Crippen LogP contribution < -0.4 is 10.6 Å². The van der Waals surface area contributed by atoms with Crippen molar-refractivity contribution >= 4 is 23.6 Å². The lowest BCUT2D eigenvalue weighted by molar-refractivity contribution is 0.124. The minimum Gasteiger partial charge on any atom is -0.322 e. The van der Waals surface area contributed by atoms with Crippen LogP contribution in [-0.2, 0) is 25.7 Å². The van der Waals surface area contributed by atoms with Crippen molar-refractivity contribution in [2.75, 3.05) is 63.0 Å². The lowest BCUT2D eigenvalue weighted by Crippen LogP contribution is -2.51. The molecule has 6 heterocycles. The number of nitrogens with one attached hydrogen (secondary N) is 2. The average molecular weight is 827 g/mol. The van der Waals surface area contributed by atoms with E-state index in [1.54, 1.807) is 24.7 Å². The third-order valence-electron chi connectivity index (χ3n) is 12.6. The standard InChI is InChI=1S/2C25H27N5O/c1-18-6-9-22-20(16-18)8-7-19-4-2-11-27-23(19)24(22)29-12-14-30(15-13-29)25(31)28-21-5-3-10-26-17-21;1-18-7-10-21-20(17-18)9-8-19-5-4-12-27-23(19)24(21)29-13-15-30(16-14-29)25(31)28-22-6-2-3-11-26-22/h2-6,9-11,16-17,24H,7-8,12-15H2,1H3,(H,28,31);2-7,10-12,17,24H,8-9,13-16H2,1H3,(H,26,28,31). The van der Waals surface area contributed by atoms with E-state index < -0.39 is 0 Å². The molecule has 0 saturated carbocycles. The van der Waals surface area contributed by atoms with Crippen LogP contribution in [-0.4, -0.2) is 104 Å². The van der Waals surface area contributed by atoms with Crippen LogP contribution in [0.25, 0.3) is 0 Å². The molecule has 2 fully saturated rings. The zero-order chi connectivity index (χ0) is 42.4. The second-order valence-electron chi connectivity index (χ2n) is 16.7. The summed E-state index contributed by atoms with van der Waals surface area (Å²) in [5.41, 5.74) is 13.9. The van der Waals surface area contributed by atoms with Crippen molar-refractivity contribution in [2.24, 2.45) is 0 Å². The normalized spacial score (nSPS) is 18.6. The number of hydrogen-bond donors (Lipinski definition) is 2. The highest BCUT2D eigenvalue weighted by Crippen LogP contribution is 2.38. The first-order chi connectivity index (χ1) is 30.4. The van der Waals surface area contributed by atoms with Crippen molar-refractivity contribution in [2.45, 2.75) is 51.6 Å². The molecule has 2 N–H and O–H groups in total. The third-order valence-corrected chi connectivity index (χ3v) is 12.6. The number of rotatable bonds is 4. The zero-order valence-electron chi connectivity index (χ0n) is 35.6. The molecule has 0 bridgehead atoms. The SMILES string of the molecule is Cc1ccc2c(c1)CCc1cccnc1C2N1CCN(C(=O)Nc2ccccn2)CC1.Cc1ccc2c(c1)CCc1cccnc1C2N1CCN(C(=O)Nc2cccnc2)CC1. The molecule has 4 aliphatic rings. The van der Waals surface area contributed by atoms with Crippen molar-refractivity contribution in [3.63, 3.8) is 0 Å². The fourth-order valence-electron chi connectivity index (χ4n) is 9.46. The first-order valence-electron chi connectivity index (χ1n) is 21.9. The molecule has 2 aliphatic carbocycles. The Morgan fingerprint density at radius 1 is 0.516 bits per heavy atom. The molecule has 62 heavy (non-hydrogen) atoms. The van der Waals surface area contributed by atoms with Crippen molar-refractivity contribution in [3.05, 3.63) is 178 Å². The second-order valence-corrected chi connectivity index (χ2v) is 16.7. The van der Waals surface area contributed by atoms with E-state index in [4.69, 9.17) is 9.97 Å². The van der Waals surface area contributed by atoms with Crippen LogP contribution in [0.4, 0.5) is 21.1 Å². The van der Waals surface area contributed by atoms with E-state index in [1.807, 2.05) is 58.6 Å². The van der Waals surface area contributed by atoms with Crippen LogP contribution in [0.5, 0.6) is 0 Å². The molecule has 2 atom stereocenters. The topological polar surface area (TPSA) is 123 Å². The minimum absolute atomic E-state index is 0.0666. The molecule has 6 aromatic rings. The van der Waals surface area contributed by atoms with E-state index in [-0.39, 0.29) is 24.1 Å². The second kappa shape index (κ2) is 18.6. The van der Waals surface area contributed by atoms with Gasteiger partial charge in [-0.1, -0.05) is 65.7 Å². The summed E-state index contributed by atoms with van der Waals surface area (Å²) < 4.78 is 0. The Morgan fingerprint density at radius 3 is 1.52 bits per heavy atom. The van der Waals surface area contributed by atoms with Gasteiger partial charge in [0.2, 0.25) is 0 Å². The van der Waals surface area contributed by atoms with Crippen molar-refractivity contribution in [1.29, 1.82) is 0 Å². The summed E-state index contributed by atoms with van der Waals surface area (Å²) in [5, 5.41) is 5.85. The predicted molar refractivity (Wildman–Crippen MR) is 242 cm³/mol. The van der Waals surface area contributed by atoms with Gasteiger partial charge in [-0.3, -0.25) is 30.1 Å². The van der Waals surface area contributed by atoms with Crippen LogP contribution >= 0.6 is 0 Å². The molecule has 2 saturated heterocycles. The number of urea groups is 2. The summed E-state index contributed by atoms with van der Waals surface area (Å²) in [6.07, 6.45) is 13.0. The number of benzene rings is 2. The van der Waals surface area contributed by atoms with E-state index in [2.05, 4.69) is 92.8 Å². The van der Waals surface area contributed by atoms with Gasteiger partial charge >= 0.3 is 12.1 Å². The van der Waals surface area contributed by atoms with Gasteiger partial charge in [0, 0.05) is 77.1 Å². The Hall–Kier alpha value is -6.50. The summed E-state index contributed by atoms with van der Waals surface area (Å²) in [6.45, 7) is 10.3. The highest BCUT2D eigenvalue weighted by Gasteiger charge is 2.35. The Labute approximate surface area is 364 Å². The molecule has 4 aromatic heterocycles. The van der Waals surface area contributed by atoms with Crippen LogP contribution in [0.3, 0.4) is 0 Å². The van der Waals surface area contributed by atoms with E-state index in [0.717, 1.165) is 63.2 Å². The molecule has 4 amide bonds. The summed E-state index contributed by atoms with van der Waals surface area (Å²) in [6, 6.07) is 31.4. The number of nitrogens with zero attached hydrogens (tertiary/aromatic N) is 8. The smallest absolute Gasteiger partial charge is 0.322 e. The van der Waals surface area contributed by atoms with Gasteiger partial charge in [0.25, 0.3) is 0 Å². The van der Waals surface area contributed by atoms with Gasteiger partial charge in [-0.05, 0) is 109 Å². The molecule has 12 nitrogen and oxygen atoms in total. The van der Waals surface area contributed by atoms with Gasteiger partial charge in [-0.25, -0.2) is 14.6 Å². The van der Waals surface area contributed by atoms with Crippen molar-refractivity contribution in [3.8, 4) is 0 Å². The maximum atomic E-state index is 12.7. The van der Waals surface area contributed by atoms with Crippen LogP contribution in [0.15, 0.2) is 122 Å². The van der Waals surface area contributed by atoms with Crippen LogP contribution in [0, 0.1) is 13.8 Å². The fraction of sp³-hybridized carbons (Fsp3) is 0.320. The number of anilines is 2. The van der Waals surface area contributed by atoms with Crippen molar-refractivity contribution in [1.82, 2.24) is 39.5 Å². The molecule has 0 spiro atoms. The van der Waals surface area contributed by atoms with Gasteiger partial charge in [0.05, 0.1) is 35.4 Å². The number of hydrogen-bond acceptors (Lipinski definition) is 8. The van der Waals surface area contributed by atoms with Gasteiger partial charge in [0.1, 0.15) is 5.82 Å². The largest absolute Gasteiger partial charge is 0.323 e. The fourth-order valence-corrected chi connectivity index (χ4v) is 9.46. The molecular formula is C50H54N10O2. The number of carbonyl (C=O) groups excluding carboxylic acids is 2. The molecular weight excluding hydrogens is 773 g/mol. The quantitative estimate of drug-likeness (QED) is 0.186. The Morgan fingerprint density at radius 2 is 1.02 bits per heavy atom. The van der Waals surface area contributed by atoms with Crippen LogP contribution in [0.2, 0.25) is 0 Å². The summed E-state index contributed by atoms with van der Waals surface area (Å²) in [5.74, 6) is 0.584. The maximum absolute atomic E-state index is 12.7. The number of carbonyl (C=O) groups is 2. The molecule has 0 radical (unpaired) electrons. The number of aromatic nitrogens is 4. The highest BCUT2D eigenvalue weighted by molar-refractivity contribution is 5.89. The average Bonchev–Trinajstić information content (AvgIpc) is 3.57. The first-order valence-corrected chi connectivity index (χ1v) is 21.9. The number of pyridine rings is 4. The number of aryl methyl sites for hydroxylation is 6. The van der Waals surface area contributed by atoms with Crippen LogP contribution in [0.1, 0.15) is 68.0 Å². The molecule has 10 rings (SSSR count). The number of fused-ring (bicyclic) bond motifs is 4. The third kappa shape index (κ3) is 9.07. The number of amides is 4. The monoisotopic (exact) mass is 826 g/mol. The molecule has 12 heteroatoms. The van der Waals surface area contributed by atoms with E-state index in [0.29, 0.717) is 32.0 Å². The van der Waals surface area contributed by atoms with Gasteiger partial charge < -0.3 is 15.1 Å². The Balaban J connectivity index is 0.000000158.